The second-order valence-electron chi connectivity index (χ2n) is 6.24. The molecule has 0 aromatic carbocycles. The lowest BCUT2D eigenvalue weighted by molar-refractivity contribution is 0.590. The summed E-state index contributed by atoms with van der Waals surface area (Å²) < 4.78 is 0. The number of aryl methyl sites for hydroxylation is 1. The predicted octanol–water partition coefficient (Wildman–Crippen LogP) is 5.01. The van der Waals surface area contributed by atoms with Crippen LogP contribution in [0.4, 0.5) is 0 Å². The van der Waals surface area contributed by atoms with Crippen LogP contribution in [0.25, 0.3) is 0 Å². The Morgan fingerprint density at radius 3 is 1.84 bits per heavy atom. The second kappa shape index (κ2) is 7.02. The molecule has 1 aromatic rings. The minimum atomic E-state index is 0.504. The van der Waals surface area contributed by atoms with E-state index in [-0.39, 0.29) is 0 Å². The van der Waals surface area contributed by atoms with Gasteiger partial charge in [0, 0.05) is 0 Å². The van der Waals surface area contributed by atoms with Crippen molar-refractivity contribution in [1.82, 2.24) is 9.97 Å². The largest absolute Gasteiger partial charge is 0.254 e. The zero-order valence-electron chi connectivity index (χ0n) is 13.7. The lowest BCUT2D eigenvalue weighted by atomic mass is 9.95. The molecule has 19 heavy (non-hydrogen) atoms. The number of hydrogen-bond donors (Lipinski definition) is 0. The third-order valence-corrected chi connectivity index (χ3v) is 3.97. The van der Waals surface area contributed by atoms with Crippen LogP contribution in [0.3, 0.4) is 0 Å². The van der Waals surface area contributed by atoms with Crippen molar-refractivity contribution in [2.75, 3.05) is 0 Å². The molecular weight excluding hydrogens is 232 g/mol. The molecule has 2 atom stereocenters. The van der Waals surface area contributed by atoms with Gasteiger partial charge < -0.3 is 0 Å². The Kier molecular flexibility index (Phi) is 5.96. The Labute approximate surface area is 119 Å². The minimum Gasteiger partial charge on any atom is -0.254 e. The van der Waals surface area contributed by atoms with Gasteiger partial charge in [-0.2, -0.15) is 0 Å². The molecule has 108 valence electrons. The number of hydrogen-bond acceptors (Lipinski definition) is 2. The number of aromatic nitrogens is 2. The SMILES string of the molecule is CCC(C)c1nc(CC(C)C)c(C(C)CC)nc1C. The van der Waals surface area contributed by atoms with Crippen LogP contribution in [0.1, 0.15) is 89.0 Å². The highest BCUT2D eigenvalue weighted by molar-refractivity contribution is 5.25. The van der Waals surface area contributed by atoms with Gasteiger partial charge in [-0.25, -0.2) is 0 Å². The topological polar surface area (TPSA) is 25.8 Å². The smallest absolute Gasteiger partial charge is 0.0650 e. The molecule has 2 heteroatoms. The van der Waals surface area contributed by atoms with Crippen LogP contribution in [-0.2, 0) is 6.42 Å². The molecule has 0 radical (unpaired) electrons. The normalized spacial score (nSPS) is 14.7. The average Bonchev–Trinajstić information content (AvgIpc) is 2.37. The Morgan fingerprint density at radius 2 is 1.37 bits per heavy atom. The van der Waals surface area contributed by atoms with Crippen LogP contribution in [0.2, 0.25) is 0 Å². The molecule has 0 saturated heterocycles. The molecule has 0 amide bonds. The summed E-state index contributed by atoms with van der Waals surface area (Å²) >= 11 is 0. The van der Waals surface area contributed by atoms with Gasteiger partial charge in [-0.15, -0.1) is 0 Å². The molecular formula is C17H30N2. The van der Waals surface area contributed by atoms with Crippen LogP contribution in [-0.4, -0.2) is 9.97 Å². The molecule has 0 bridgehead atoms. The van der Waals surface area contributed by atoms with Crippen LogP contribution >= 0.6 is 0 Å². The summed E-state index contributed by atoms with van der Waals surface area (Å²) in [5.41, 5.74) is 4.77. The van der Waals surface area contributed by atoms with E-state index in [1.54, 1.807) is 0 Å². The van der Waals surface area contributed by atoms with E-state index in [9.17, 15) is 0 Å². The van der Waals surface area contributed by atoms with Crippen molar-refractivity contribution < 1.29 is 0 Å². The van der Waals surface area contributed by atoms with Crippen LogP contribution in [0, 0.1) is 12.8 Å². The highest BCUT2D eigenvalue weighted by Gasteiger charge is 2.18. The summed E-state index contributed by atoms with van der Waals surface area (Å²) in [5, 5.41) is 0. The minimum absolute atomic E-state index is 0.504. The van der Waals surface area contributed by atoms with Crippen molar-refractivity contribution in [3.63, 3.8) is 0 Å². The number of nitrogens with zero attached hydrogens (tertiary/aromatic N) is 2. The van der Waals surface area contributed by atoms with E-state index >= 15 is 0 Å². The van der Waals surface area contributed by atoms with Gasteiger partial charge >= 0.3 is 0 Å². The lowest BCUT2D eigenvalue weighted by Gasteiger charge is -2.19. The highest BCUT2D eigenvalue weighted by Crippen LogP contribution is 2.26. The number of rotatable bonds is 6. The first-order valence-electron chi connectivity index (χ1n) is 7.77. The fourth-order valence-electron chi connectivity index (χ4n) is 2.37. The maximum atomic E-state index is 4.99. The lowest BCUT2D eigenvalue weighted by Crippen LogP contribution is -2.13. The summed E-state index contributed by atoms with van der Waals surface area (Å²) in [6.07, 6.45) is 3.29. The molecule has 0 aliphatic rings. The first kappa shape index (κ1) is 16.1. The van der Waals surface area contributed by atoms with Gasteiger partial charge in [-0.05, 0) is 43.9 Å². The molecule has 2 nitrogen and oxygen atoms in total. The van der Waals surface area contributed by atoms with Crippen LogP contribution < -0.4 is 0 Å². The summed E-state index contributed by atoms with van der Waals surface area (Å²) in [5.74, 6) is 1.64. The Balaban J connectivity index is 3.28. The third-order valence-electron chi connectivity index (χ3n) is 3.97. The van der Waals surface area contributed by atoms with Crippen molar-refractivity contribution >= 4 is 0 Å². The zero-order valence-corrected chi connectivity index (χ0v) is 13.7. The maximum Gasteiger partial charge on any atom is 0.0650 e. The van der Waals surface area contributed by atoms with Gasteiger partial charge in [0.05, 0.1) is 22.8 Å². The zero-order chi connectivity index (χ0) is 14.6. The van der Waals surface area contributed by atoms with E-state index in [1.165, 1.54) is 17.1 Å². The predicted molar refractivity (Wildman–Crippen MR) is 82.7 cm³/mol. The standard InChI is InChI=1S/C17H30N2/c1-8-12(5)16-14(7)18-17(13(6)9-2)15(19-16)10-11(3)4/h11-13H,8-10H2,1-7H3. The summed E-state index contributed by atoms with van der Waals surface area (Å²) in [7, 11) is 0. The molecule has 1 heterocycles. The van der Waals surface area contributed by atoms with Crippen molar-refractivity contribution in [3.8, 4) is 0 Å². The van der Waals surface area contributed by atoms with E-state index in [0.29, 0.717) is 17.8 Å². The van der Waals surface area contributed by atoms with Crippen LogP contribution in [0.15, 0.2) is 0 Å². The van der Waals surface area contributed by atoms with Crippen LogP contribution in [0.5, 0.6) is 0 Å². The highest BCUT2D eigenvalue weighted by atomic mass is 14.9. The average molecular weight is 262 g/mol. The molecule has 0 fully saturated rings. The monoisotopic (exact) mass is 262 g/mol. The fourth-order valence-corrected chi connectivity index (χ4v) is 2.37. The van der Waals surface area contributed by atoms with Crippen molar-refractivity contribution in [2.24, 2.45) is 5.92 Å². The quantitative estimate of drug-likeness (QED) is 0.720. The van der Waals surface area contributed by atoms with E-state index in [4.69, 9.17) is 9.97 Å². The van der Waals surface area contributed by atoms with Crippen molar-refractivity contribution in [2.45, 2.75) is 79.6 Å². The van der Waals surface area contributed by atoms with Gasteiger partial charge in [0.25, 0.3) is 0 Å². The molecule has 2 unspecified atom stereocenters. The van der Waals surface area contributed by atoms with E-state index in [1.807, 2.05) is 0 Å². The Morgan fingerprint density at radius 1 is 0.842 bits per heavy atom. The van der Waals surface area contributed by atoms with Gasteiger partial charge in [0.2, 0.25) is 0 Å². The Bertz CT molecular complexity index is 410. The van der Waals surface area contributed by atoms with E-state index in [2.05, 4.69) is 48.5 Å². The molecule has 0 aliphatic heterocycles. The fraction of sp³-hybridized carbons (Fsp3) is 0.765. The third kappa shape index (κ3) is 4.02. The second-order valence-corrected chi connectivity index (χ2v) is 6.24. The summed E-state index contributed by atoms with van der Waals surface area (Å²) in [4.78, 5) is 9.89. The summed E-state index contributed by atoms with van der Waals surface area (Å²) in [6.45, 7) is 15.6. The Hall–Kier alpha value is -0.920. The molecule has 0 aliphatic carbocycles. The van der Waals surface area contributed by atoms with E-state index in [0.717, 1.165) is 25.0 Å². The molecule has 0 spiro atoms. The first-order chi connectivity index (χ1) is 8.90. The van der Waals surface area contributed by atoms with Gasteiger partial charge in [0.1, 0.15) is 0 Å². The maximum absolute atomic E-state index is 4.99. The first-order valence-corrected chi connectivity index (χ1v) is 7.77. The van der Waals surface area contributed by atoms with E-state index < -0.39 is 0 Å². The van der Waals surface area contributed by atoms with Crippen molar-refractivity contribution in [3.05, 3.63) is 22.8 Å². The summed E-state index contributed by atoms with van der Waals surface area (Å²) in [6, 6.07) is 0. The van der Waals surface area contributed by atoms with Gasteiger partial charge in [-0.1, -0.05) is 41.5 Å². The molecule has 0 N–H and O–H groups in total. The molecule has 1 rings (SSSR count). The molecule has 1 aromatic heterocycles. The molecule has 0 saturated carbocycles. The van der Waals surface area contributed by atoms with Gasteiger partial charge in [0.15, 0.2) is 0 Å². The van der Waals surface area contributed by atoms with Gasteiger partial charge in [-0.3, -0.25) is 9.97 Å². The van der Waals surface area contributed by atoms with Crippen molar-refractivity contribution in [1.29, 1.82) is 0 Å².